The van der Waals surface area contributed by atoms with Gasteiger partial charge in [0.05, 0.1) is 81.8 Å². The van der Waals surface area contributed by atoms with Gasteiger partial charge in [-0.05, 0) is 58.5 Å². The Hall–Kier alpha value is -13.0. The summed E-state index contributed by atoms with van der Waals surface area (Å²) in [6.07, 6.45) is 14.5. The molecule has 42 nitrogen and oxygen atoms in total. The molecule has 43 heteroatoms. The highest BCUT2D eigenvalue weighted by atomic mass is 79.9. The van der Waals surface area contributed by atoms with Crippen molar-refractivity contribution in [2.45, 2.75) is 50.5 Å². The van der Waals surface area contributed by atoms with Crippen LogP contribution >= 0.6 is 15.9 Å². The van der Waals surface area contributed by atoms with Crippen molar-refractivity contribution in [1.29, 1.82) is 0 Å². The zero-order valence-corrected chi connectivity index (χ0v) is 69.3. The number of amides is 11. The van der Waals surface area contributed by atoms with Crippen molar-refractivity contribution in [3.8, 4) is 0 Å². The molecule has 12 N–H and O–H groups in total. The molecule has 0 spiro atoms. The molecule has 120 heavy (non-hydrogen) atoms. The van der Waals surface area contributed by atoms with E-state index >= 15 is 0 Å². The first-order valence-corrected chi connectivity index (χ1v) is 39.3. The van der Waals surface area contributed by atoms with Crippen LogP contribution in [0.5, 0.6) is 0 Å². The first-order valence-electron chi connectivity index (χ1n) is 38.5. The molecule has 9 aromatic rings. The Labute approximate surface area is 697 Å². The number of nitrogens with one attached hydrogen (secondary N) is 12. The lowest BCUT2D eigenvalue weighted by atomic mass is 9.88. The average Bonchev–Trinajstić information content (AvgIpc) is 1.50. The number of hydrogen-bond donors (Lipinski definition) is 12. The lowest BCUT2D eigenvalue weighted by Crippen LogP contribution is -2.46. The van der Waals surface area contributed by atoms with Crippen LogP contribution in [0.2, 0.25) is 0 Å². The summed E-state index contributed by atoms with van der Waals surface area (Å²) < 4.78 is 34.8. The van der Waals surface area contributed by atoms with E-state index in [9.17, 15) is 57.5 Å². The summed E-state index contributed by atoms with van der Waals surface area (Å²) in [6.45, 7) is 5.71. The number of nitrogens with zero attached hydrogens (tertiary/aromatic N) is 14. The summed E-state index contributed by atoms with van der Waals surface area (Å²) in [5.74, 6) is -4.99. The van der Waals surface area contributed by atoms with Gasteiger partial charge in [-0.1, -0.05) is 30.3 Å². The van der Waals surface area contributed by atoms with Crippen molar-refractivity contribution in [2.75, 3.05) is 142 Å². The van der Waals surface area contributed by atoms with E-state index in [0.717, 1.165) is 26.1 Å². The van der Waals surface area contributed by atoms with Crippen LogP contribution in [0.3, 0.4) is 0 Å². The van der Waals surface area contributed by atoms with E-state index in [2.05, 4.69) is 134 Å². The molecule has 640 valence electrons. The predicted octanol–water partition coefficient (Wildman–Crippen LogP) is 2.19. The molecule has 0 bridgehead atoms. The normalized spacial score (nSPS) is 13.2. The molecule has 0 unspecified atom stereocenters. The Kier molecular flexibility index (Phi) is 32.4. The monoisotopic (exact) mass is 1720 g/mol. The molecule has 1 aliphatic rings. The van der Waals surface area contributed by atoms with Crippen LogP contribution in [-0.2, 0) is 94.5 Å². The van der Waals surface area contributed by atoms with E-state index in [4.69, 9.17) is 18.9 Å². The Bertz CT molecular complexity index is 5190. The number of likely N-dealkylation sites (tertiary alicyclic amines) is 1. The minimum Gasteiger partial charge on any atom is -0.379 e. The fourth-order valence-electron chi connectivity index (χ4n) is 12.8. The number of rotatable bonds is 44. The van der Waals surface area contributed by atoms with Gasteiger partial charge in [-0.3, -0.25) is 62.4 Å². The van der Waals surface area contributed by atoms with Gasteiger partial charge in [-0.25, -0.2) is 24.6 Å². The zero-order chi connectivity index (χ0) is 85.9. The van der Waals surface area contributed by atoms with Crippen molar-refractivity contribution in [3.63, 3.8) is 0 Å². The molecule has 1 saturated heterocycles. The maximum Gasteiger partial charge on any atom is 0.291 e. The number of imidazole rings is 4. The van der Waals surface area contributed by atoms with Gasteiger partial charge in [0.2, 0.25) is 41.1 Å². The summed E-state index contributed by atoms with van der Waals surface area (Å²) in [5.41, 5.74) is 3.25. The molecule has 1 aromatic carbocycles. The summed E-state index contributed by atoms with van der Waals surface area (Å²) in [6, 6.07) is 14.9. The molecular formula is C77H99BrN26O16. The van der Waals surface area contributed by atoms with Gasteiger partial charge < -0.3 is 115 Å². The van der Waals surface area contributed by atoms with Crippen LogP contribution < -0.4 is 69.4 Å². The van der Waals surface area contributed by atoms with Gasteiger partial charge in [0, 0.05) is 190 Å². The van der Waals surface area contributed by atoms with Gasteiger partial charge >= 0.3 is 0 Å². The molecular weight excluding hydrogens is 1620 g/mol. The Morgan fingerprint density at radius 3 is 1.44 bits per heavy atom. The molecule has 1 aliphatic heterocycles. The number of carbonyl (C=O) groups is 11. The summed E-state index contributed by atoms with van der Waals surface area (Å²) in [7, 11) is 12.8. The number of anilines is 7. The quantitative estimate of drug-likeness (QED) is 0.0244. The van der Waals surface area contributed by atoms with Crippen molar-refractivity contribution in [1.82, 2.24) is 93.2 Å². The molecule has 0 saturated carbocycles. The Morgan fingerprint density at radius 1 is 0.442 bits per heavy atom. The maximum atomic E-state index is 13.4. The average molecular weight is 1720 g/mol. The van der Waals surface area contributed by atoms with Gasteiger partial charge in [-0.2, -0.15) is 5.10 Å². The highest BCUT2D eigenvalue weighted by Gasteiger charge is 2.30. The highest BCUT2D eigenvalue weighted by molar-refractivity contribution is 9.10. The molecule has 8 aromatic heterocycles. The molecule has 11 amide bonds. The number of hydrogen-bond acceptors (Lipinski definition) is 23. The molecule has 0 radical (unpaired) electrons. The lowest BCUT2D eigenvalue weighted by molar-refractivity contribution is -0.121. The van der Waals surface area contributed by atoms with Crippen LogP contribution in [0.4, 0.5) is 40.2 Å². The van der Waals surface area contributed by atoms with Crippen LogP contribution in [0.25, 0.3) is 0 Å². The number of ether oxygens (including phenoxy) is 4. The standard InChI is InChI=1S/C77H99BrN26O16/c1-96-25-23-80-66(96)75(114)88-52-37-56(98(3)42-52)71(110)82-21-18-64(108)91-59-46-102(7)69(93-59)76(115)89-53-38-55(97(2)43-53)70(109)81-19-12-15-62(106)90-58-45-100(5)67(92-58)73(112)84-22-17-63(107)87-51-36-57(99(4)41-51)72(111)95-60-47-101(6)68(94-60)74(113)83-20-16-61(105)79-24-27-117-29-31-119-33-34-120-32-30-118-28-26-104-40-49(48-13-10-9-11-14-48)35-50(44-104)86-54-39-85-103(8)77(116)65(54)78/h9-11,13-14,23,25,36-39,41-43,45-47,49-50,86H,12,15-22,24,26-35,40,44H2,1-8H3,(H,79,105)(H,81,109)(H,82,110)(H,83,113)(H,84,112)(H,87,107)(H,88,114)(H,89,115)(H,90,106)(H,91,108)(H,95,111)/t49-,50+/m0/s1. The van der Waals surface area contributed by atoms with Gasteiger partial charge in [0.15, 0.2) is 23.3 Å². The maximum absolute atomic E-state index is 13.4. The summed E-state index contributed by atoms with van der Waals surface area (Å²) >= 11 is 3.44. The second-order valence-electron chi connectivity index (χ2n) is 28.1. The van der Waals surface area contributed by atoms with Crippen molar-refractivity contribution in [3.05, 3.63) is 165 Å². The predicted molar refractivity (Wildman–Crippen MR) is 442 cm³/mol. The van der Waals surface area contributed by atoms with E-state index in [1.165, 1.54) is 93.0 Å². The number of aromatic nitrogens is 13. The van der Waals surface area contributed by atoms with Crippen LogP contribution in [-0.4, -0.2) is 243 Å². The molecule has 10 rings (SSSR count). The molecule has 9 heterocycles. The van der Waals surface area contributed by atoms with Gasteiger partial charge in [-0.15, -0.1) is 0 Å². The van der Waals surface area contributed by atoms with Crippen LogP contribution in [0, 0.1) is 0 Å². The minimum absolute atomic E-state index is 0.00954. The first kappa shape index (κ1) is 89.4. The van der Waals surface area contributed by atoms with Crippen LogP contribution in [0.15, 0.2) is 114 Å². The minimum atomic E-state index is -0.639. The van der Waals surface area contributed by atoms with Crippen LogP contribution in [0.1, 0.15) is 124 Å². The van der Waals surface area contributed by atoms with Crippen molar-refractivity contribution < 1.29 is 71.7 Å². The summed E-state index contributed by atoms with van der Waals surface area (Å²) in [5, 5.41) is 37.2. The Balaban J connectivity index is 0.529. The number of benzene rings is 1. The van der Waals surface area contributed by atoms with Crippen molar-refractivity contribution in [2.24, 2.45) is 56.4 Å². The number of aryl methyl sites for hydroxylation is 8. The molecule has 0 aliphatic carbocycles. The molecule has 1 fully saturated rings. The molecule has 2 atom stereocenters. The summed E-state index contributed by atoms with van der Waals surface area (Å²) in [4.78, 5) is 174. The van der Waals surface area contributed by atoms with E-state index in [0.29, 0.717) is 68.0 Å². The smallest absolute Gasteiger partial charge is 0.291 e. The highest BCUT2D eigenvalue weighted by Crippen LogP contribution is 2.30. The van der Waals surface area contributed by atoms with Gasteiger partial charge in [0.25, 0.3) is 46.9 Å². The SMILES string of the molecule is Cn1cc(NC(=O)c2nc(NC(=O)CCNC(=O)c3cc(NC(=O)c4nccn4C)cn3C)cn2C)cc1C(=O)NCCCC(=O)Nc1cn(C)c(C(=O)NCCC(=O)Nc2cc(C(=O)Nc3cn(C)c(C(=O)NCCC(=O)NCCOCCOCCOCCOCCN4C[C@H](Nc5cnn(C)c(=O)c5Br)C[C@H](c5ccccc5)C4)n3)n(C)c2)n1. The second kappa shape index (κ2) is 43.5. The van der Waals surface area contributed by atoms with E-state index in [1.54, 1.807) is 79.5 Å². The van der Waals surface area contributed by atoms with E-state index < -0.39 is 59.1 Å². The zero-order valence-electron chi connectivity index (χ0n) is 67.7. The fraction of sp³-hybridized carbons (Fsp3) is 0.416. The first-order chi connectivity index (χ1) is 57.6. The third-order valence-electron chi connectivity index (χ3n) is 18.8. The second-order valence-corrected chi connectivity index (χ2v) is 28.9. The largest absolute Gasteiger partial charge is 0.379 e. The van der Waals surface area contributed by atoms with Crippen molar-refractivity contribution >= 4 is 121 Å². The Morgan fingerprint density at radius 2 is 0.900 bits per heavy atom. The topological polar surface area (TPSA) is 493 Å². The van der Waals surface area contributed by atoms with E-state index in [1.807, 2.05) is 6.07 Å². The third kappa shape index (κ3) is 26.0. The lowest BCUT2D eigenvalue weighted by Gasteiger charge is -2.38. The van der Waals surface area contributed by atoms with E-state index in [-0.39, 0.29) is 158 Å². The fourth-order valence-corrected chi connectivity index (χ4v) is 13.3. The number of carbonyl (C=O) groups excluding carboxylic acids is 11. The number of piperidine rings is 1. The van der Waals surface area contributed by atoms with Gasteiger partial charge in [0.1, 0.15) is 21.6 Å². The third-order valence-corrected chi connectivity index (χ3v) is 19.6. The number of halogens is 1.